The number of halogens is 3. The third-order valence-corrected chi connectivity index (χ3v) is 3.85. The van der Waals surface area contributed by atoms with Crippen LogP contribution in [0.4, 0.5) is 13.2 Å². The van der Waals surface area contributed by atoms with Crippen LogP contribution >= 0.6 is 0 Å². The number of carbonyl (C=O) groups is 1. The Morgan fingerprint density at radius 2 is 2.27 bits per heavy atom. The lowest BCUT2D eigenvalue weighted by Gasteiger charge is -2.24. The number of nitrogens with zero attached hydrogens (tertiary/aromatic N) is 2. The summed E-state index contributed by atoms with van der Waals surface area (Å²) < 4.78 is 49.6. The first kappa shape index (κ1) is 16.8. The van der Waals surface area contributed by atoms with Gasteiger partial charge in [0.25, 0.3) is 0 Å². The predicted octanol–water partition coefficient (Wildman–Crippen LogP) is 2.43. The number of rotatable bonds is 5. The summed E-state index contributed by atoms with van der Waals surface area (Å²) in [6, 6.07) is 0. The maximum Gasteiger partial charge on any atom is 0.449 e. The smallest absolute Gasteiger partial charge is 0.449 e. The highest BCUT2D eigenvalue weighted by Crippen LogP contribution is 2.32. The number of alkyl halides is 3. The van der Waals surface area contributed by atoms with Gasteiger partial charge in [-0.2, -0.15) is 13.2 Å². The Labute approximate surface area is 126 Å². The normalized spacial score (nSPS) is 19.6. The Bertz CT molecular complexity index is 528. The average molecular weight is 320 g/mol. The van der Waals surface area contributed by atoms with E-state index in [0.29, 0.717) is 18.5 Å². The van der Waals surface area contributed by atoms with Gasteiger partial charge in [-0.15, -0.1) is 0 Å². The zero-order valence-corrected chi connectivity index (χ0v) is 12.5. The molecule has 1 aliphatic heterocycles. The summed E-state index contributed by atoms with van der Waals surface area (Å²) in [5.41, 5.74) is 0.422. The lowest BCUT2D eigenvalue weighted by Crippen LogP contribution is -2.29. The first-order valence-electron chi connectivity index (χ1n) is 7.14. The zero-order valence-electron chi connectivity index (χ0n) is 12.5. The lowest BCUT2D eigenvalue weighted by atomic mass is 9.96. The van der Waals surface area contributed by atoms with Crippen LogP contribution in [-0.2, 0) is 33.4 Å². The van der Waals surface area contributed by atoms with E-state index >= 15 is 0 Å². The number of imidazole rings is 1. The Kier molecular flexibility index (Phi) is 5.10. The molecule has 0 aromatic carbocycles. The zero-order chi connectivity index (χ0) is 16.3. The predicted molar refractivity (Wildman–Crippen MR) is 71.1 cm³/mol. The van der Waals surface area contributed by atoms with Crippen LogP contribution < -0.4 is 0 Å². The molecule has 0 saturated heterocycles. The number of carbonyl (C=O) groups excluding carboxylic acids is 1. The summed E-state index contributed by atoms with van der Waals surface area (Å²) in [5.74, 6) is -1.68. The minimum atomic E-state index is -4.47. The van der Waals surface area contributed by atoms with Crippen molar-refractivity contribution in [2.24, 2.45) is 5.92 Å². The molecule has 1 aromatic heterocycles. The molecule has 0 aliphatic carbocycles. The van der Waals surface area contributed by atoms with E-state index in [1.165, 1.54) is 6.20 Å². The lowest BCUT2D eigenvalue weighted by molar-refractivity contribution is -0.150. The number of esters is 1. The van der Waals surface area contributed by atoms with E-state index in [1.807, 2.05) is 6.92 Å². The molecule has 1 aliphatic rings. The molecule has 0 fully saturated rings. The fraction of sp³-hybridized carbons (Fsp3) is 0.714. The Morgan fingerprint density at radius 3 is 2.91 bits per heavy atom. The van der Waals surface area contributed by atoms with Crippen molar-refractivity contribution in [1.29, 1.82) is 0 Å². The molecule has 2 atom stereocenters. The quantitative estimate of drug-likeness (QED) is 0.782. The van der Waals surface area contributed by atoms with Crippen molar-refractivity contribution in [3.63, 3.8) is 0 Å². The van der Waals surface area contributed by atoms with Crippen molar-refractivity contribution in [3.8, 4) is 0 Å². The molecule has 5 nitrogen and oxygen atoms in total. The molecule has 22 heavy (non-hydrogen) atoms. The van der Waals surface area contributed by atoms with Gasteiger partial charge in [-0.1, -0.05) is 0 Å². The van der Waals surface area contributed by atoms with Crippen LogP contribution in [0.25, 0.3) is 0 Å². The summed E-state index contributed by atoms with van der Waals surface area (Å²) in [7, 11) is 1.58. The number of fused-ring (bicyclic) bond motifs is 1. The van der Waals surface area contributed by atoms with E-state index in [4.69, 9.17) is 9.47 Å². The van der Waals surface area contributed by atoms with E-state index in [9.17, 15) is 18.0 Å². The molecule has 1 aromatic rings. The van der Waals surface area contributed by atoms with Crippen LogP contribution in [0, 0.1) is 5.92 Å². The summed E-state index contributed by atoms with van der Waals surface area (Å²) >= 11 is 0. The summed E-state index contributed by atoms with van der Waals surface area (Å²) in [6.45, 7) is 2.24. The molecule has 0 amide bonds. The van der Waals surface area contributed by atoms with Gasteiger partial charge in [0.05, 0.1) is 18.6 Å². The van der Waals surface area contributed by atoms with Crippen molar-refractivity contribution < 1.29 is 27.4 Å². The van der Waals surface area contributed by atoms with Crippen molar-refractivity contribution >= 4 is 5.97 Å². The van der Waals surface area contributed by atoms with Crippen molar-refractivity contribution in [2.75, 3.05) is 13.7 Å². The highest BCUT2D eigenvalue weighted by atomic mass is 19.4. The van der Waals surface area contributed by atoms with Gasteiger partial charge in [0.1, 0.15) is 0 Å². The van der Waals surface area contributed by atoms with Crippen molar-refractivity contribution in [2.45, 2.75) is 45.0 Å². The first-order valence-corrected chi connectivity index (χ1v) is 7.14. The second-order valence-corrected chi connectivity index (χ2v) is 5.41. The molecule has 0 spiro atoms. The molecular weight excluding hydrogens is 301 g/mol. The van der Waals surface area contributed by atoms with Crippen molar-refractivity contribution in [3.05, 3.63) is 17.7 Å². The van der Waals surface area contributed by atoms with Crippen LogP contribution in [0.5, 0.6) is 0 Å². The van der Waals surface area contributed by atoms with E-state index in [2.05, 4.69) is 4.98 Å². The highest BCUT2D eigenvalue weighted by Gasteiger charge is 2.39. The van der Waals surface area contributed by atoms with Gasteiger partial charge in [0.15, 0.2) is 0 Å². The van der Waals surface area contributed by atoms with Gasteiger partial charge in [-0.05, 0) is 13.3 Å². The van der Waals surface area contributed by atoms with Gasteiger partial charge in [-0.25, -0.2) is 4.98 Å². The minimum Gasteiger partial charge on any atom is -0.465 e. The number of hydrogen-bond donors (Lipinski definition) is 0. The van der Waals surface area contributed by atoms with Gasteiger partial charge in [0, 0.05) is 38.4 Å². The fourth-order valence-corrected chi connectivity index (χ4v) is 2.45. The number of aromatic nitrogens is 2. The standard InChI is InChI=1S/C14H19F3N2O3/c1-9(21-2)4-6-22-12(20)10-3-5-19-11(7-10)8-18-13(19)14(15,16)17/h8-10H,3-7H2,1-2H3/t9-,10-/m0/s1. The monoisotopic (exact) mass is 320 g/mol. The van der Waals surface area contributed by atoms with E-state index in [1.54, 1.807) is 7.11 Å². The maximum absolute atomic E-state index is 12.8. The molecule has 2 rings (SSSR count). The molecule has 0 bridgehead atoms. The van der Waals surface area contributed by atoms with Crippen LogP contribution in [0.3, 0.4) is 0 Å². The van der Waals surface area contributed by atoms with Crippen LogP contribution in [-0.4, -0.2) is 35.3 Å². The second kappa shape index (κ2) is 6.68. The Hall–Kier alpha value is -1.57. The number of hydrogen-bond acceptors (Lipinski definition) is 4. The van der Waals surface area contributed by atoms with Gasteiger partial charge in [0.2, 0.25) is 5.82 Å². The first-order chi connectivity index (χ1) is 10.3. The van der Waals surface area contributed by atoms with E-state index in [0.717, 1.165) is 4.57 Å². The molecular formula is C14H19F3N2O3. The highest BCUT2D eigenvalue weighted by molar-refractivity contribution is 5.72. The molecule has 124 valence electrons. The summed E-state index contributed by atoms with van der Waals surface area (Å²) in [5, 5.41) is 0. The molecule has 8 heteroatoms. The summed E-state index contributed by atoms with van der Waals surface area (Å²) in [4.78, 5) is 15.4. The maximum atomic E-state index is 12.8. The topological polar surface area (TPSA) is 53.4 Å². The Morgan fingerprint density at radius 1 is 1.55 bits per heavy atom. The van der Waals surface area contributed by atoms with E-state index in [-0.39, 0.29) is 31.6 Å². The number of ether oxygens (including phenoxy) is 2. The van der Waals surface area contributed by atoms with Gasteiger partial charge < -0.3 is 14.0 Å². The molecule has 0 radical (unpaired) electrons. The Balaban J connectivity index is 1.92. The SMILES string of the molecule is CO[C@@H](C)CCOC(=O)[C@H]1CCn2c(cnc2C(F)(F)F)C1. The second-order valence-electron chi connectivity index (χ2n) is 5.41. The summed E-state index contributed by atoms with van der Waals surface area (Å²) in [6.07, 6.45) is -2.15. The van der Waals surface area contributed by atoms with Crippen LogP contribution in [0.1, 0.15) is 31.3 Å². The van der Waals surface area contributed by atoms with Gasteiger partial charge >= 0.3 is 12.1 Å². The largest absolute Gasteiger partial charge is 0.465 e. The third-order valence-electron chi connectivity index (χ3n) is 3.85. The van der Waals surface area contributed by atoms with Gasteiger partial charge in [-0.3, -0.25) is 4.79 Å². The fourth-order valence-electron chi connectivity index (χ4n) is 2.45. The molecule has 2 heterocycles. The van der Waals surface area contributed by atoms with E-state index < -0.39 is 17.9 Å². The number of methoxy groups -OCH3 is 1. The molecule has 0 saturated carbocycles. The average Bonchev–Trinajstić information content (AvgIpc) is 2.89. The van der Waals surface area contributed by atoms with Crippen LogP contribution in [0.15, 0.2) is 6.20 Å². The third kappa shape index (κ3) is 3.79. The minimum absolute atomic E-state index is 0.00469. The molecule has 0 unspecified atom stereocenters. The van der Waals surface area contributed by atoms with Crippen LogP contribution in [0.2, 0.25) is 0 Å². The van der Waals surface area contributed by atoms with Crippen molar-refractivity contribution in [1.82, 2.24) is 9.55 Å². The molecule has 0 N–H and O–H groups in total.